The molecule has 3 heterocycles. The number of nitrogens with zero attached hydrogens (tertiary/aromatic N) is 8. The summed E-state index contributed by atoms with van der Waals surface area (Å²) in [6.45, 7) is 3.85. The molecule has 0 amide bonds. The molecule has 0 spiro atoms. The van der Waals surface area contributed by atoms with E-state index in [4.69, 9.17) is 0 Å². The van der Waals surface area contributed by atoms with Crippen LogP contribution in [-0.2, 0) is 19.5 Å². The van der Waals surface area contributed by atoms with E-state index in [-0.39, 0.29) is 17.0 Å². The Labute approximate surface area is 296 Å². The van der Waals surface area contributed by atoms with Crippen molar-refractivity contribution < 1.29 is 21.5 Å². The van der Waals surface area contributed by atoms with Crippen molar-refractivity contribution >= 4 is 22.6 Å². The first kappa shape index (κ1) is 32.4. The quantitative estimate of drug-likeness (QED) is 0.153. The van der Waals surface area contributed by atoms with Crippen molar-refractivity contribution in [2.75, 3.05) is 0 Å². The van der Waals surface area contributed by atoms with Gasteiger partial charge in [0.2, 0.25) is 21.7 Å². The number of halogens is 2. The number of aromatic amines is 2. The van der Waals surface area contributed by atoms with Gasteiger partial charge in [-0.3, -0.25) is 0 Å². The van der Waals surface area contributed by atoms with Crippen molar-refractivity contribution in [3.05, 3.63) is 124 Å². The van der Waals surface area contributed by atoms with Crippen LogP contribution in [-0.4, -0.2) is 45.8 Å². The Bertz CT molecular complexity index is 2040. The van der Waals surface area contributed by atoms with E-state index >= 15 is 0 Å². The van der Waals surface area contributed by atoms with Crippen LogP contribution in [0.15, 0.2) is 103 Å². The molecule has 0 bridgehead atoms. The van der Waals surface area contributed by atoms with Crippen LogP contribution in [0, 0.1) is 3.70 Å². The highest BCUT2D eigenvalue weighted by molar-refractivity contribution is 14.1. The van der Waals surface area contributed by atoms with Gasteiger partial charge in [-0.05, 0) is 50.2 Å². The minimum atomic E-state index is 0. The lowest BCUT2D eigenvalue weighted by molar-refractivity contribution is -0.700. The molecule has 0 radical (unpaired) electrons. The number of imidazole rings is 1. The van der Waals surface area contributed by atoms with E-state index in [2.05, 4.69) is 147 Å². The summed E-state index contributed by atoms with van der Waals surface area (Å²) in [6.07, 6.45) is 5.62. The molecule has 10 nitrogen and oxygen atoms in total. The van der Waals surface area contributed by atoms with Crippen LogP contribution in [0.3, 0.4) is 0 Å². The summed E-state index contributed by atoms with van der Waals surface area (Å²) >= 11 is 2.52. The average molecular weight is 800 g/mol. The summed E-state index contributed by atoms with van der Waals surface area (Å²) in [5, 5.41) is 29.3. The number of benzene rings is 4. The monoisotopic (exact) mass is 798 g/mol. The van der Waals surface area contributed by atoms with Gasteiger partial charge in [-0.1, -0.05) is 110 Å². The molecule has 3 aromatic heterocycles. The number of unbranched alkanes of at least 4 members (excludes halogenated alkanes) is 1. The van der Waals surface area contributed by atoms with Gasteiger partial charge in [0.15, 0.2) is 5.69 Å². The second-order valence-electron chi connectivity index (χ2n) is 11.2. The third-order valence-corrected chi connectivity index (χ3v) is 9.39. The zero-order valence-electron chi connectivity index (χ0n) is 25.7. The number of H-pyrrole nitrogens is 2. The maximum Gasteiger partial charge on any atom is 0.245 e. The Morgan fingerprint density at radius 1 is 0.681 bits per heavy atom. The number of hydrogen-bond acceptors (Lipinski definition) is 6. The number of hydrogen-bond donors (Lipinski definition) is 2. The normalized spacial score (nSPS) is 11.0. The lowest BCUT2D eigenvalue weighted by Crippen LogP contribution is -3.00. The maximum absolute atomic E-state index is 4.19. The van der Waals surface area contributed by atoms with Crippen molar-refractivity contribution in [3.8, 4) is 45.0 Å². The van der Waals surface area contributed by atoms with Crippen molar-refractivity contribution in [1.82, 2.24) is 45.8 Å². The molecule has 7 aromatic rings. The van der Waals surface area contributed by atoms with Gasteiger partial charge in [-0.15, -0.1) is 20.4 Å². The number of tetrazole rings is 2. The van der Waals surface area contributed by atoms with Gasteiger partial charge in [0.1, 0.15) is 13.1 Å². The lowest BCUT2D eigenvalue weighted by Gasteiger charge is -2.08. The summed E-state index contributed by atoms with van der Waals surface area (Å²) in [5.41, 5.74) is 10.2. The van der Waals surface area contributed by atoms with E-state index in [0.29, 0.717) is 11.6 Å². The first-order valence-electron chi connectivity index (χ1n) is 15.3. The number of aromatic nitrogens is 10. The third-order valence-electron chi connectivity index (χ3n) is 8.15. The molecular formula is C35H32BrIN10. The first-order chi connectivity index (χ1) is 22.7. The molecule has 0 aliphatic heterocycles. The third kappa shape index (κ3) is 7.08. The Hall–Kier alpha value is -4.56. The molecule has 0 fully saturated rings. The van der Waals surface area contributed by atoms with E-state index in [1.807, 2.05) is 36.4 Å². The Balaban J connectivity index is 0.00000386. The molecule has 0 unspecified atom stereocenters. The van der Waals surface area contributed by atoms with E-state index < -0.39 is 0 Å². The predicted octanol–water partition coefficient (Wildman–Crippen LogP) is 3.52. The molecule has 0 saturated carbocycles. The first-order valence-corrected chi connectivity index (χ1v) is 16.4. The number of rotatable bonds is 11. The van der Waals surface area contributed by atoms with E-state index in [1.54, 1.807) is 0 Å². The molecule has 0 aliphatic rings. The van der Waals surface area contributed by atoms with Crippen LogP contribution in [0.5, 0.6) is 0 Å². The highest BCUT2D eigenvalue weighted by Gasteiger charge is 2.22. The average Bonchev–Trinajstić information content (AvgIpc) is 3.89. The summed E-state index contributed by atoms with van der Waals surface area (Å²) in [7, 11) is 0. The SMILES string of the molecule is CCCCc1c(I)[n+](Cc2ccc(-c3ccccc3-c3nn[nH]n3)cc2)cn1Cc1ccc(-c2ccccc2-c2nn[nH]n2)cc1.[Br-]. The van der Waals surface area contributed by atoms with E-state index in [0.717, 1.165) is 65.7 Å². The smallest absolute Gasteiger partial charge is 0.245 e. The summed E-state index contributed by atoms with van der Waals surface area (Å²) in [6, 6.07) is 33.9. The van der Waals surface area contributed by atoms with Crippen LogP contribution in [0.25, 0.3) is 45.0 Å². The summed E-state index contributed by atoms with van der Waals surface area (Å²) in [4.78, 5) is 0. The van der Waals surface area contributed by atoms with Gasteiger partial charge >= 0.3 is 0 Å². The van der Waals surface area contributed by atoms with Crippen molar-refractivity contribution in [1.29, 1.82) is 0 Å². The van der Waals surface area contributed by atoms with Gasteiger partial charge < -0.3 is 17.0 Å². The van der Waals surface area contributed by atoms with Gasteiger partial charge in [-0.2, -0.15) is 10.4 Å². The molecule has 236 valence electrons. The molecule has 7 rings (SSSR count). The fraction of sp³-hybridized carbons (Fsp3) is 0.171. The van der Waals surface area contributed by atoms with Crippen molar-refractivity contribution in [2.24, 2.45) is 0 Å². The topological polar surface area (TPSA) is 118 Å². The highest BCUT2D eigenvalue weighted by atomic mass is 127. The minimum Gasteiger partial charge on any atom is -1.00 e. The summed E-state index contributed by atoms with van der Waals surface area (Å²) in [5.74, 6) is 1.18. The molecule has 2 N–H and O–H groups in total. The van der Waals surface area contributed by atoms with Crippen LogP contribution < -0.4 is 21.5 Å². The molecular weight excluding hydrogens is 767 g/mol. The molecule has 47 heavy (non-hydrogen) atoms. The molecule has 0 saturated heterocycles. The fourth-order valence-corrected chi connectivity index (χ4v) is 6.67. The van der Waals surface area contributed by atoms with Gasteiger partial charge in [0, 0.05) is 40.1 Å². The summed E-state index contributed by atoms with van der Waals surface area (Å²) < 4.78 is 6.06. The Morgan fingerprint density at radius 3 is 1.68 bits per heavy atom. The maximum atomic E-state index is 4.19. The van der Waals surface area contributed by atoms with Crippen LogP contribution >= 0.6 is 22.6 Å². The van der Waals surface area contributed by atoms with Crippen molar-refractivity contribution in [3.63, 3.8) is 0 Å². The largest absolute Gasteiger partial charge is 1.00 e. The number of nitrogens with one attached hydrogen (secondary N) is 2. The standard InChI is InChI=1S/C35H32IN10.BrH/c1-2-3-12-32-33(36)46(22-25-15-19-27(20-16-25)29-9-5-7-11-31(29)35-39-43-44-40-35)23-45(32)21-24-13-17-26(18-14-24)28-8-4-6-10-30(28)34-37-41-42-38-34;/h4-11,13-20,23H,2-3,12,21-22H2,1H3,(H,37,38,41,42)(H,39,40,43,44);1H/q+1;/p-1. The van der Waals surface area contributed by atoms with Gasteiger partial charge in [-0.25, -0.2) is 9.13 Å². The van der Waals surface area contributed by atoms with Gasteiger partial charge in [0.25, 0.3) is 0 Å². The zero-order chi connectivity index (χ0) is 31.3. The van der Waals surface area contributed by atoms with Crippen molar-refractivity contribution in [2.45, 2.75) is 39.3 Å². The molecule has 0 atom stereocenters. The second-order valence-corrected chi connectivity index (χ2v) is 12.2. The minimum absolute atomic E-state index is 0. The Kier molecular flexibility index (Phi) is 10.3. The zero-order valence-corrected chi connectivity index (χ0v) is 29.4. The molecule has 12 heteroatoms. The highest BCUT2D eigenvalue weighted by Crippen LogP contribution is 2.31. The van der Waals surface area contributed by atoms with E-state index in [9.17, 15) is 0 Å². The predicted molar refractivity (Wildman–Crippen MR) is 184 cm³/mol. The second kappa shape index (κ2) is 14.9. The van der Waals surface area contributed by atoms with Crippen LogP contribution in [0.4, 0.5) is 0 Å². The van der Waals surface area contributed by atoms with Gasteiger partial charge in [0.05, 0.1) is 0 Å². The fourth-order valence-electron chi connectivity index (χ4n) is 5.79. The van der Waals surface area contributed by atoms with E-state index in [1.165, 1.54) is 20.5 Å². The van der Waals surface area contributed by atoms with Crippen LogP contribution in [0.1, 0.15) is 36.6 Å². The molecule has 0 aliphatic carbocycles. The lowest BCUT2D eigenvalue weighted by atomic mass is 9.98. The van der Waals surface area contributed by atoms with Crippen LogP contribution in [0.2, 0.25) is 0 Å². The molecule has 4 aromatic carbocycles. The Morgan fingerprint density at radius 2 is 1.19 bits per heavy atom.